The van der Waals surface area contributed by atoms with E-state index in [4.69, 9.17) is 14.2 Å². The maximum Gasteiger partial charge on any atom is 0.306 e. The average molecular weight is 827 g/mol. The van der Waals surface area contributed by atoms with Gasteiger partial charge in [-0.2, -0.15) is 0 Å². The minimum absolute atomic E-state index is 0.0787. The number of unbranched alkanes of at least 4 members (excludes halogenated alkanes) is 26. The summed E-state index contributed by atoms with van der Waals surface area (Å²) >= 11 is 0. The van der Waals surface area contributed by atoms with Crippen molar-refractivity contribution in [3.63, 3.8) is 0 Å². The summed E-state index contributed by atoms with van der Waals surface area (Å²) in [7, 11) is 0. The number of carbonyl (C=O) groups is 3. The zero-order valence-electron chi connectivity index (χ0n) is 39.0. The largest absolute Gasteiger partial charge is 0.462 e. The highest BCUT2D eigenvalue weighted by atomic mass is 16.6. The molecule has 0 amide bonds. The van der Waals surface area contributed by atoms with E-state index in [-0.39, 0.29) is 31.1 Å². The predicted molar refractivity (Wildman–Crippen MR) is 252 cm³/mol. The van der Waals surface area contributed by atoms with Gasteiger partial charge < -0.3 is 14.2 Å². The summed E-state index contributed by atoms with van der Waals surface area (Å²) in [5, 5.41) is 0. The Morgan fingerprint density at radius 1 is 0.356 bits per heavy atom. The van der Waals surface area contributed by atoms with Crippen molar-refractivity contribution in [2.75, 3.05) is 13.2 Å². The summed E-state index contributed by atoms with van der Waals surface area (Å²) < 4.78 is 16.7. The van der Waals surface area contributed by atoms with Crippen LogP contribution in [0.2, 0.25) is 0 Å². The molecule has 6 heteroatoms. The zero-order chi connectivity index (χ0) is 43.0. The zero-order valence-corrected chi connectivity index (χ0v) is 39.0. The highest BCUT2D eigenvalue weighted by molar-refractivity contribution is 5.71. The molecule has 0 bridgehead atoms. The van der Waals surface area contributed by atoms with Gasteiger partial charge in [-0.1, -0.05) is 223 Å². The molecule has 0 radical (unpaired) electrons. The Labute approximate surface area is 365 Å². The molecule has 0 spiro atoms. The Morgan fingerprint density at radius 3 is 1.03 bits per heavy atom. The second-order valence-corrected chi connectivity index (χ2v) is 16.7. The van der Waals surface area contributed by atoms with Crippen LogP contribution in [0.1, 0.15) is 252 Å². The third-order valence-electron chi connectivity index (χ3n) is 10.8. The monoisotopic (exact) mass is 827 g/mol. The lowest BCUT2D eigenvalue weighted by atomic mass is 10.0. The van der Waals surface area contributed by atoms with E-state index in [1.807, 2.05) is 0 Å². The number of carbonyl (C=O) groups excluding carboxylic acids is 3. The van der Waals surface area contributed by atoms with Gasteiger partial charge in [0.25, 0.3) is 0 Å². The fourth-order valence-electron chi connectivity index (χ4n) is 7.08. The standard InChI is InChI=1S/C53H94O6/c1-4-7-10-13-16-18-20-22-24-26-28-30-32-34-37-40-43-46-52(55)58-49-50(48-57-51(54)45-42-39-36-15-12-9-6-3)59-53(56)47-44-41-38-35-33-31-29-27-25-23-21-19-17-14-11-8-5-2/h7,10,16,18,22,24,28,30,50H,4-6,8-9,11-15,17,19-21,23,25-27,29,31-49H2,1-3H3/b10-7-,18-16-,24-22-,30-28-. The maximum atomic E-state index is 12.8. The van der Waals surface area contributed by atoms with Gasteiger partial charge >= 0.3 is 17.9 Å². The van der Waals surface area contributed by atoms with Crippen molar-refractivity contribution in [1.82, 2.24) is 0 Å². The molecule has 0 aromatic heterocycles. The lowest BCUT2D eigenvalue weighted by Gasteiger charge is -2.18. The first-order chi connectivity index (χ1) is 29.0. The van der Waals surface area contributed by atoms with Crippen molar-refractivity contribution in [3.8, 4) is 0 Å². The minimum Gasteiger partial charge on any atom is -0.462 e. The molecule has 0 saturated heterocycles. The van der Waals surface area contributed by atoms with E-state index in [1.165, 1.54) is 116 Å². The van der Waals surface area contributed by atoms with Gasteiger partial charge in [0.05, 0.1) is 0 Å². The van der Waals surface area contributed by atoms with Crippen LogP contribution in [0.15, 0.2) is 48.6 Å². The molecule has 0 fully saturated rings. The van der Waals surface area contributed by atoms with Crippen LogP contribution < -0.4 is 0 Å². The van der Waals surface area contributed by atoms with Crippen molar-refractivity contribution in [2.24, 2.45) is 0 Å². The Morgan fingerprint density at radius 2 is 0.661 bits per heavy atom. The topological polar surface area (TPSA) is 78.9 Å². The quantitative estimate of drug-likeness (QED) is 0.0263. The Kier molecular flexibility index (Phi) is 45.9. The number of allylic oxidation sites excluding steroid dienone is 8. The molecular formula is C53H94O6. The van der Waals surface area contributed by atoms with Gasteiger partial charge in [0, 0.05) is 19.3 Å². The van der Waals surface area contributed by atoms with E-state index >= 15 is 0 Å². The Balaban J connectivity index is 4.29. The summed E-state index contributed by atoms with van der Waals surface area (Å²) in [6, 6.07) is 0. The van der Waals surface area contributed by atoms with Crippen molar-refractivity contribution in [2.45, 2.75) is 258 Å². The van der Waals surface area contributed by atoms with Crippen molar-refractivity contribution in [3.05, 3.63) is 48.6 Å². The first-order valence-electron chi connectivity index (χ1n) is 25.1. The molecule has 1 atom stereocenters. The van der Waals surface area contributed by atoms with Crippen LogP contribution in [-0.2, 0) is 28.6 Å². The fourth-order valence-corrected chi connectivity index (χ4v) is 7.08. The summed E-state index contributed by atoms with van der Waals surface area (Å²) in [5.41, 5.74) is 0. The van der Waals surface area contributed by atoms with Crippen molar-refractivity contribution < 1.29 is 28.6 Å². The lowest BCUT2D eigenvalue weighted by molar-refractivity contribution is -0.167. The molecule has 0 aromatic carbocycles. The molecule has 1 unspecified atom stereocenters. The molecule has 0 saturated carbocycles. The van der Waals surface area contributed by atoms with Crippen LogP contribution in [-0.4, -0.2) is 37.2 Å². The first-order valence-corrected chi connectivity index (χ1v) is 25.1. The molecule has 0 N–H and O–H groups in total. The molecule has 0 aromatic rings. The SMILES string of the molecule is CC/C=C\C/C=C\C/C=C\C/C=C\CCCCCCC(=O)OCC(COC(=O)CCCCCCCCC)OC(=O)CCCCCCCCCCCCCCCCCCC. The molecule has 0 aliphatic heterocycles. The minimum atomic E-state index is -0.777. The van der Waals surface area contributed by atoms with Crippen LogP contribution in [0, 0.1) is 0 Å². The second-order valence-electron chi connectivity index (χ2n) is 16.7. The Bertz CT molecular complexity index is 1040. The summed E-state index contributed by atoms with van der Waals surface area (Å²) in [4.78, 5) is 37.8. The number of hydrogen-bond acceptors (Lipinski definition) is 6. The van der Waals surface area contributed by atoms with Crippen LogP contribution >= 0.6 is 0 Å². The van der Waals surface area contributed by atoms with Gasteiger partial charge in [0.1, 0.15) is 13.2 Å². The molecule has 0 aliphatic rings. The molecule has 342 valence electrons. The van der Waals surface area contributed by atoms with Crippen molar-refractivity contribution in [1.29, 1.82) is 0 Å². The van der Waals surface area contributed by atoms with Gasteiger partial charge in [0.15, 0.2) is 6.10 Å². The van der Waals surface area contributed by atoms with E-state index in [0.29, 0.717) is 19.3 Å². The highest BCUT2D eigenvalue weighted by Gasteiger charge is 2.19. The van der Waals surface area contributed by atoms with E-state index < -0.39 is 6.10 Å². The summed E-state index contributed by atoms with van der Waals surface area (Å²) in [6.07, 6.45) is 56.8. The highest BCUT2D eigenvalue weighted by Crippen LogP contribution is 2.16. The normalized spacial score (nSPS) is 12.4. The number of ether oxygens (including phenoxy) is 3. The van der Waals surface area contributed by atoms with Gasteiger partial charge in [-0.15, -0.1) is 0 Å². The number of esters is 3. The van der Waals surface area contributed by atoms with Crippen LogP contribution in [0.5, 0.6) is 0 Å². The summed E-state index contributed by atoms with van der Waals surface area (Å²) in [6.45, 7) is 6.48. The number of hydrogen-bond donors (Lipinski definition) is 0. The van der Waals surface area contributed by atoms with E-state index in [2.05, 4.69) is 69.4 Å². The maximum absolute atomic E-state index is 12.8. The average Bonchev–Trinajstić information content (AvgIpc) is 3.23. The third-order valence-corrected chi connectivity index (χ3v) is 10.8. The van der Waals surface area contributed by atoms with Crippen LogP contribution in [0.4, 0.5) is 0 Å². The fraction of sp³-hybridized carbons (Fsp3) is 0.792. The van der Waals surface area contributed by atoms with Gasteiger partial charge in [-0.05, 0) is 57.8 Å². The summed E-state index contributed by atoms with van der Waals surface area (Å²) in [5.74, 6) is -0.902. The first kappa shape index (κ1) is 56.4. The number of rotatable bonds is 45. The van der Waals surface area contributed by atoms with Gasteiger partial charge in [-0.3, -0.25) is 14.4 Å². The van der Waals surface area contributed by atoms with E-state index in [0.717, 1.165) is 96.3 Å². The molecule has 0 aliphatic carbocycles. The van der Waals surface area contributed by atoms with E-state index in [1.54, 1.807) is 0 Å². The third kappa shape index (κ3) is 46.3. The van der Waals surface area contributed by atoms with E-state index in [9.17, 15) is 14.4 Å². The lowest BCUT2D eigenvalue weighted by Crippen LogP contribution is -2.30. The molecule has 6 nitrogen and oxygen atoms in total. The Hall–Kier alpha value is -2.63. The predicted octanol–water partition coefficient (Wildman–Crippen LogP) is 16.3. The van der Waals surface area contributed by atoms with Crippen LogP contribution in [0.3, 0.4) is 0 Å². The molecule has 59 heavy (non-hydrogen) atoms. The van der Waals surface area contributed by atoms with Crippen LogP contribution in [0.25, 0.3) is 0 Å². The van der Waals surface area contributed by atoms with Crippen molar-refractivity contribution >= 4 is 17.9 Å². The molecule has 0 heterocycles. The van der Waals surface area contributed by atoms with Gasteiger partial charge in [0.2, 0.25) is 0 Å². The van der Waals surface area contributed by atoms with Gasteiger partial charge in [-0.25, -0.2) is 0 Å². The second kappa shape index (κ2) is 48.0. The molecular weight excluding hydrogens is 733 g/mol. The smallest absolute Gasteiger partial charge is 0.306 e. The molecule has 0 rings (SSSR count).